The van der Waals surface area contributed by atoms with Gasteiger partial charge in [0, 0.05) is 15.8 Å². The summed E-state index contributed by atoms with van der Waals surface area (Å²) in [4.78, 5) is 0.445. The molecule has 1 aromatic carbocycles. The van der Waals surface area contributed by atoms with Gasteiger partial charge in [0.1, 0.15) is 0 Å². The maximum atomic E-state index is 12.0. The first-order chi connectivity index (χ1) is 7.97. The minimum Gasteiger partial charge on any atom is -0.210 e. The lowest BCUT2D eigenvalue weighted by molar-refractivity contribution is 0.577. The van der Waals surface area contributed by atoms with Crippen molar-refractivity contribution >= 4 is 41.9 Å². The molecular weight excluding hydrogens is 370 g/mol. The first-order valence-electron chi connectivity index (χ1n) is 5.35. The second-order valence-corrected chi connectivity index (χ2v) is 7.55. The molecule has 1 aromatic rings. The molecule has 0 aromatic heterocycles. The number of halogens is 2. The molecule has 6 heteroatoms. The standard InChI is InChI=1S/C11H15Br2NO2S/c1-2-5-9(12)8-14-17(15,16)11-7-4-3-6-10(11)13/h3-4,6-7,9,14H,2,5,8H2,1H3. The van der Waals surface area contributed by atoms with E-state index in [9.17, 15) is 8.42 Å². The Labute approximate surface area is 119 Å². The molecule has 0 aliphatic heterocycles. The summed E-state index contributed by atoms with van der Waals surface area (Å²) in [5, 5.41) is 0. The van der Waals surface area contributed by atoms with E-state index in [2.05, 4.69) is 43.5 Å². The van der Waals surface area contributed by atoms with Crippen LogP contribution in [0.5, 0.6) is 0 Å². The SMILES string of the molecule is CCCC(Br)CNS(=O)(=O)c1ccccc1Br. The van der Waals surface area contributed by atoms with Gasteiger partial charge >= 0.3 is 0 Å². The fourth-order valence-corrected chi connectivity index (χ4v) is 4.27. The van der Waals surface area contributed by atoms with Crippen LogP contribution in [0.4, 0.5) is 0 Å². The number of sulfonamides is 1. The van der Waals surface area contributed by atoms with Crippen LogP contribution in [-0.4, -0.2) is 19.8 Å². The first-order valence-corrected chi connectivity index (χ1v) is 8.55. The van der Waals surface area contributed by atoms with Gasteiger partial charge in [0.2, 0.25) is 10.0 Å². The number of alkyl halides is 1. The van der Waals surface area contributed by atoms with Crippen molar-refractivity contribution in [1.29, 1.82) is 0 Å². The molecule has 1 atom stereocenters. The Morgan fingerprint density at radius 3 is 2.59 bits per heavy atom. The molecule has 0 aliphatic carbocycles. The number of hydrogen-bond donors (Lipinski definition) is 1. The van der Waals surface area contributed by atoms with Gasteiger partial charge in [-0.1, -0.05) is 41.4 Å². The molecule has 0 saturated heterocycles. The summed E-state index contributed by atoms with van der Waals surface area (Å²) >= 11 is 6.68. The van der Waals surface area contributed by atoms with Gasteiger partial charge in [0.25, 0.3) is 0 Å². The van der Waals surface area contributed by atoms with Gasteiger partial charge < -0.3 is 0 Å². The molecule has 3 nitrogen and oxygen atoms in total. The van der Waals surface area contributed by atoms with Gasteiger partial charge in [-0.05, 0) is 34.5 Å². The number of hydrogen-bond acceptors (Lipinski definition) is 2. The van der Waals surface area contributed by atoms with Crippen LogP contribution in [0.3, 0.4) is 0 Å². The maximum absolute atomic E-state index is 12.0. The quantitative estimate of drug-likeness (QED) is 0.765. The largest absolute Gasteiger partial charge is 0.241 e. The molecule has 1 rings (SSSR count). The highest BCUT2D eigenvalue weighted by Crippen LogP contribution is 2.21. The molecule has 17 heavy (non-hydrogen) atoms. The lowest BCUT2D eigenvalue weighted by atomic mass is 10.2. The van der Waals surface area contributed by atoms with Crippen LogP contribution in [0.15, 0.2) is 33.6 Å². The van der Waals surface area contributed by atoms with E-state index in [-0.39, 0.29) is 9.72 Å². The Morgan fingerprint density at radius 2 is 2.00 bits per heavy atom. The lowest BCUT2D eigenvalue weighted by Crippen LogP contribution is -2.29. The molecular formula is C11H15Br2NO2S. The second-order valence-electron chi connectivity index (χ2n) is 3.67. The Balaban J connectivity index is 2.73. The second kappa shape index (κ2) is 6.87. The van der Waals surface area contributed by atoms with Gasteiger partial charge in [0.05, 0.1) is 4.90 Å². The fraction of sp³-hybridized carbons (Fsp3) is 0.455. The molecule has 1 unspecified atom stereocenters. The Hall–Kier alpha value is 0.0900. The predicted octanol–water partition coefficient (Wildman–Crippen LogP) is 3.29. The average molecular weight is 385 g/mol. The Morgan fingerprint density at radius 1 is 1.35 bits per heavy atom. The summed E-state index contributed by atoms with van der Waals surface area (Å²) in [5.74, 6) is 0. The normalized spacial score (nSPS) is 13.6. The third-order valence-corrected chi connectivity index (χ3v) is 5.44. The predicted molar refractivity (Wildman–Crippen MR) is 77.0 cm³/mol. The minimum atomic E-state index is -3.43. The molecule has 0 radical (unpaired) electrons. The van der Waals surface area contributed by atoms with Crippen molar-refractivity contribution in [1.82, 2.24) is 4.72 Å². The Bertz CT molecular complexity index is 462. The van der Waals surface area contributed by atoms with Crippen LogP contribution < -0.4 is 4.72 Å². The van der Waals surface area contributed by atoms with Gasteiger partial charge in [-0.25, -0.2) is 13.1 Å². The highest BCUT2D eigenvalue weighted by atomic mass is 79.9. The van der Waals surface area contributed by atoms with Crippen molar-refractivity contribution in [3.8, 4) is 0 Å². The van der Waals surface area contributed by atoms with Crippen LogP contribution in [0.25, 0.3) is 0 Å². The summed E-state index contributed by atoms with van der Waals surface area (Å²) in [6.07, 6.45) is 1.96. The topological polar surface area (TPSA) is 46.2 Å². The van der Waals surface area contributed by atoms with Crippen LogP contribution in [0, 0.1) is 0 Å². The average Bonchev–Trinajstić information content (AvgIpc) is 2.27. The third kappa shape index (κ3) is 4.69. The smallest absolute Gasteiger partial charge is 0.210 e. The minimum absolute atomic E-state index is 0.171. The summed E-state index contributed by atoms with van der Waals surface area (Å²) in [6, 6.07) is 6.78. The van der Waals surface area contributed by atoms with Gasteiger partial charge in [-0.15, -0.1) is 0 Å². The summed E-state index contributed by atoms with van der Waals surface area (Å²) in [7, 11) is -3.43. The van der Waals surface area contributed by atoms with E-state index in [0.717, 1.165) is 12.8 Å². The van der Waals surface area contributed by atoms with Crippen molar-refractivity contribution in [3.63, 3.8) is 0 Å². The van der Waals surface area contributed by atoms with Crippen LogP contribution >= 0.6 is 31.9 Å². The van der Waals surface area contributed by atoms with Gasteiger partial charge in [0.15, 0.2) is 0 Å². The highest BCUT2D eigenvalue weighted by molar-refractivity contribution is 9.10. The molecule has 0 heterocycles. The molecule has 96 valence electrons. The zero-order valence-corrected chi connectivity index (χ0v) is 13.5. The molecule has 0 bridgehead atoms. The van der Waals surface area contributed by atoms with E-state index in [1.165, 1.54) is 0 Å². The van der Waals surface area contributed by atoms with E-state index in [1.54, 1.807) is 24.3 Å². The number of rotatable bonds is 6. The number of benzene rings is 1. The summed E-state index contributed by atoms with van der Waals surface area (Å²) in [6.45, 7) is 2.47. The van der Waals surface area contributed by atoms with E-state index in [1.807, 2.05) is 0 Å². The summed E-state index contributed by atoms with van der Waals surface area (Å²) in [5.41, 5.74) is 0. The van der Waals surface area contributed by atoms with Gasteiger partial charge in [-0.3, -0.25) is 0 Å². The van der Waals surface area contributed by atoms with Crippen LogP contribution in [-0.2, 0) is 10.0 Å². The van der Waals surface area contributed by atoms with Crippen molar-refractivity contribution < 1.29 is 8.42 Å². The van der Waals surface area contributed by atoms with Gasteiger partial charge in [-0.2, -0.15) is 0 Å². The number of nitrogens with one attached hydrogen (secondary N) is 1. The van der Waals surface area contributed by atoms with E-state index >= 15 is 0 Å². The highest BCUT2D eigenvalue weighted by Gasteiger charge is 2.17. The molecule has 0 spiro atoms. The van der Waals surface area contributed by atoms with Crippen LogP contribution in [0.1, 0.15) is 19.8 Å². The third-order valence-electron chi connectivity index (χ3n) is 2.22. The van der Waals surface area contributed by atoms with E-state index < -0.39 is 10.0 Å². The van der Waals surface area contributed by atoms with E-state index in [4.69, 9.17) is 0 Å². The molecule has 0 amide bonds. The Kier molecular flexibility index (Phi) is 6.12. The molecule has 0 aliphatic rings. The summed E-state index contributed by atoms with van der Waals surface area (Å²) < 4.78 is 27.2. The lowest BCUT2D eigenvalue weighted by Gasteiger charge is -2.11. The molecule has 0 saturated carbocycles. The maximum Gasteiger partial charge on any atom is 0.241 e. The van der Waals surface area contributed by atoms with Crippen molar-refractivity contribution in [2.75, 3.05) is 6.54 Å². The monoisotopic (exact) mass is 383 g/mol. The first kappa shape index (κ1) is 15.1. The fourth-order valence-electron chi connectivity index (χ4n) is 1.36. The van der Waals surface area contributed by atoms with E-state index in [0.29, 0.717) is 11.0 Å². The zero-order valence-electron chi connectivity index (χ0n) is 9.49. The van der Waals surface area contributed by atoms with Crippen LogP contribution in [0.2, 0.25) is 0 Å². The molecule has 0 fully saturated rings. The van der Waals surface area contributed by atoms with Crippen molar-refractivity contribution in [2.45, 2.75) is 29.5 Å². The molecule has 1 N–H and O–H groups in total. The van der Waals surface area contributed by atoms with Crippen molar-refractivity contribution in [3.05, 3.63) is 28.7 Å². The zero-order chi connectivity index (χ0) is 12.9. The van der Waals surface area contributed by atoms with Crippen molar-refractivity contribution in [2.24, 2.45) is 0 Å².